The summed E-state index contributed by atoms with van der Waals surface area (Å²) in [7, 11) is 1.65. The zero-order chi connectivity index (χ0) is 15.6. The number of rotatable bonds is 2. The van der Waals surface area contributed by atoms with E-state index in [9.17, 15) is 0 Å². The number of ether oxygens (including phenoxy) is 3. The summed E-state index contributed by atoms with van der Waals surface area (Å²) in [5.74, 6) is 2.16. The molecule has 2 aliphatic rings. The van der Waals surface area contributed by atoms with Crippen LogP contribution in [0.25, 0.3) is 22.3 Å². The van der Waals surface area contributed by atoms with Crippen molar-refractivity contribution in [3.8, 4) is 39.5 Å². The summed E-state index contributed by atoms with van der Waals surface area (Å²) in [6, 6.07) is 15.9. The van der Waals surface area contributed by atoms with Gasteiger partial charge in [0.2, 0.25) is 6.79 Å². The second-order valence-electron chi connectivity index (χ2n) is 5.22. The average molecular weight is 305 g/mol. The number of pyridine rings is 1. The molecule has 2 aromatic carbocycles. The average Bonchev–Trinajstić information content (AvgIpc) is 2.62. The van der Waals surface area contributed by atoms with Gasteiger partial charge in [0.1, 0.15) is 5.75 Å². The Balaban J connectivity index is 1.97. The van der Waals surface area contributed by atoms with Crippen LogP contribution >= 0.6 is 0 Å². The van der Waals surface area contributed by atoms with Crippen LogP contribution in [-0.4, -0.2) is 18.9 Å². The Morgan fingerprint density at radius 2 is 1.65 bits per heavy atom. The van der Waals surface area contributed by atoms with Crippen molar-refractivity contribution in [3.63, 3.8) is 0 Å². The van der Waals surface area contributed by atoms with Gasteiger partial charge in [0.15, 0.2) is 11.5 Å². The molecular formula is C19H15NO3. The normalized spacial score (nSPS) is 12.2. The SMILES string of the molecule is COc1c2cc(-c3ccncc3)cc1-c1ccc(cc1)OCO2. The van der Waals surface area contributed by atoms with Crippen LogP contribution in [0.1, 0.15) is 0 Å². The fraction of sp³-hybridized carbons (Fsp3) is 0.105. The first-order valence-corrected chi connectivity index (χ1v) is 7.33. The molecule has 2 aliphatic heterocycles. The molecule has 0 fully saturated rings. The van der Waals surface area contributed by atoms with Crippen molar-refractivity contribution in [1.82, 2.24) is 4.98 Å². The van der Waals surface area contributed by atoms with Crippen molar-refractivity contribution in [2.45, 2.75) is 0 Å². The number of aromatic nitrogens is 1. The van der Waals surface area contributed by atoms with Crippen LogP contribution in [0.3, 0.4) is 0 Å². The highest BCUT2D eigenvalue weighted by atomic mass is 16.7. The number of benzene rings is 2. The Morgan fingerprint density at radius 3 is 2.39 bits per heavy atom. The fourth-order valence-electron chi connectivity index (χ4n) is 2.74. The topological polar surface area (TPSA) is 40.6 Å². The van der Waals surface area contributed by atoms with Crippen LogP contribution in [0.5, 0.6) is 17.2 Å². The molecule has 4 bridgehead atoms. The fourth-order valence-corrected chi connectivity index (χ4v) is 2.74. The maximum Gasteiger partial charge on any atom is 0.231 e. The highest BCUT2D eigenvalue weighted by molar-refractivity contribution is 5.81. The van der Waals surface area contributed by atoms with Crippen molar-refractivity contribution in [2.24, 2.45) is 0 Å². The smallest absolute Gasteiger partial charge is 0.231 e. The van der Waals surface area contributed by atoms with Gasteiger partial charge in [0, 0.05) is 18.0 Å². The lowest BCUT2D eigenvalue weighted by Gasteiger charge is -2.19. The van der Waals surface area contributed by atoms with E-state index in [0.717, 1.165) is 28.0 Å². The van der Waals surface area contributed by atoms with E-state index in [1.165, 1.54) is 0 Å². The van der Waals surface area contributed by atoms with E-state index in [1.807, 2.05) is 42.5 Å². The molecule has 1 aromatic heterocycles. The van der Waals surface area contributed by atoms with Gasteiger partial charge in [-0.25, -0.2) is 0 Å². The number of nitrogens with zero attached hydrogens (tertiary/aromatic N) is 1. The quantitative estimate of drug-likeness (QED) is 0.713. The molecule has 0 atom stereocenters. The Morgan fingerprint density at radius 1 is 0.870 bits per heavy atom. The van der Waals surface area contributed by atoms with Crippen LogP contribution in [0, 0.1) is 0 Å². The minimum Gasteiger partial charge on any atom is -0.492 e. The van der Waals surface area contributed by atoms with Crippen LogP contribution in [0.2, 0.25) is 0 Å². The molecule has 0 radical (unpaired) electrons. The van der Waals surface area contributed by atoms with Gasteiger partial charge in [-0.15, -0.1) is 0 Å². The molecule has 3 heterocycles. The Hall–Kier alpha value is -3.01. The lowest BCUT2D eigenvalue weighted by atomic mass is 9.97. The van der Waals surface area contributed by atoms with E-state index < -0.39 is 0 Å². The second-order valence-corrected chi connectivity index (χ2v) is 5.22. The first-order valence-electron chi connectivity index (χ1n) is 7.33. The largest absolute Gasteiger partial charge is 0.492 e. The van der Waals surface area contributed by atoms with Gasteiger partial charge in [-0.2, -0.15) is 0 Å². The van der Waals surface area contributed by atoms with E-state index in [-0.39, 0.29) is 6.79 Å². The molecule has 0 saturated heterocycles. The summed E-state index contributed by atoms with van der Waals surface area (Å²) in [4.78, 5) is 4.08. The summed E-state index contributed by atoms with van der Waals surface area (Å²) in [5.41, 5.74) is 4.16. The molecule has 4 heteroatoms. The first-order chi connectivity index (χ1) is 11.3. The molecule has 4 nitrogen and oxygen atoms in total. The summed E-state index contributed by atoms with van der Waals surface area (Å²) in [6.45, 7) is 0.134. The maximum atomic E-state index is 5.79. The zero-order valence-electron chi connectivity index (χ0n) is 12.7. The molecule has 23 heavy (non-hydrogen) atoms. The van der Waals surface area contributed by atoms with E-state index in [2.05, 4.69) is 11.1 Å². The van der Waals surface area contributed by atoms with Crippen LogP contribution in [-0.2, 0) is 0 Å². The van der Waals surface area contributed by atoms with E-state index in [0.29, 0.717) is 11.5 Å². The van der Waals surface area contributed by atoms with Crippen LogP contribution < -0.4 is 14.2 Å². The monoisotopic (exact) mass is 305 g/mol. The molecule has 114 valence electrons. The predicted molar refractivity (Wildman–Crippen MR) is 87.8 cm³/mol. The third-order valence-electron chi connectivity index (χ3n) is 3.88. The van der Waals surface area contributed by atoms with Crippen molar-refractivity contribution >= 4 is 0 Å². The number of fused-ring (bicyclic) bond motifs is 4. The summed E-state index contributed by atoms with van der Waals surface area (Å²) in [6.07, 6.45) is 3.56. The molecule has 0 saturated carbocycles. The third-order valence-corrected chi connectivity index (χ3v) is 3.88. The van der Waals surface area contributed by atoms with Crippen molar-refractivity contribution in [2.75, 3.05) is 13.9 Å². The molecule has 0 N–H and O–H groups in total. The lowest BCUT2D eigenvalue weighted by molar-refractivity contribution is 0.116. The molecule has 0 spiro atoms. The Bertz CT molecular complexity index is 829. The van der Waals surface area contributed by atoms with Gasteiger partial charge < -0.3 is 14.2 Å². The van der Waals surface area contributed by atoms with Gasteiger partial charge in [-0.1, -0.05) is 12.1 Å². The van der Waals surface area contributed by atoms with Gasteiger partial charge >= 0.3 is 0 Å². The van der Waals surface area contributed by atoms with Gasteiger partial charge in [0.25, 0.3) is 0 Å². The summed E-state index contributed by atoms with van der Waals surface area (Å²) in [5, 5.41) is 0. The minimum atomic E-state index is 0.134. The van der Waals surface area contributed by atoms with Gasteiger partial charge in [-0.3, -0.25) is 4.98 Å². The molecular weight excluding hydrogens is 290 g/mol. The number of hydrogen-bond donors (Lipinski definition) is 0. The van der Waals surface area contributed by atoms with Crippen LogP contribution in [0.15, 0.2) is 60.9 Å². The number of methoxy groups -OCH3 is 1. The first kappa shape index (κ1) is 13.6. The van der Waals surface area contributed by atoms with Gasteiger partial charge in [-0.05, 0) is 53.1 Å². The van der Waals surface area contributed by atoms with E-state index in [4.69, 9.17) is 14.2 Å². The predicted octanol–water partition coefficient (Wildman–Crippen LogP) is 4.15. The van der Waals surface area contributed by atoms with E-state index >= 15 is 0 Å². The standard InChI is InChI=1S/C19H15NO3/c1-21-19-17-10-15(13-6-8-20-9-7-13)11-18(19)23-12-22-16-4-2-14(17)3-5-16/h2-11H,12H2,1H3. The molecule has 5 rings (SSSR count). The van der Waals surface area contributed by atoms with Crippen molar-refractivity contribution in [3.05, 3.63) is 60.9 Å². The molecule has 0 unspecified atom stereocenters. The number of hydrogen-bond acceptors (Lipinski definition) is 4. The summed E-state index contributed by atoms with van der Waals surface area (Å²) < 4.78 is 17.0. The maximum absolute atomic E-state index is 5.79. The van der Waals surface area contributed by atoms with Crippen molar-refractivity contribution in [1.29, 1.82) is 0 Å². The minimum absolute atomic E-state index is 0.134. The highest BCUT2D eigenvalue weighted by Gasteiger charge is 2.17. The van der Waals surface area contributed by atoms with E-state index in [1.54, 1.807) is 19.5 Å². The molecule has 0 amide bonds. The second kappa shape index (κ2) is 5.65. The Labute approximate surface area is 134 Å². The third kappa shape index (κ3) is 2.48. The summed E-state index contributed by atoms with van der Waals surface area (Å²) >= 11 is 0. The Kier molecular flexibility index (Phi) is 3.35. The zero-order valence-corrected chi connectivity index (χ0v) is 12.7. The highest BCUT2D eigenvalue weighted by Crippen LogP contribution is 2.42. The van der Waals surface area contributed by atoms with Crippen LogP contribution in [0.4, 0.5) is 0 Å². The van der Waals surface area contributed by atoms with Crippen molar-refractivity contribution < 1.29 is 14.2 Å². The van der Waals surface area contributed by atoms with Gasteiger partial charge in [0.05, 0.1) is 7.11 Å². The molecule has 3 aromatic rings. The lowest BCUT2D eigenvalue weighted by Crippen LogP contribution is -2.08. The molecule has 0 aliphatic carbocycles.